The summed E-state index contributed by atoms with van der Waals surface area (Å²) < 4.78 is 0. The average molecular weight is 266 g/mol. The molecule has 4 nitrogen and oxygen atoms in total. The Morgan fingerprint density at radius 2 is 2.33 bits per heavy atom. The molecule has 1 aliphatic rings. The molecule has 2 atom stereocenters. The van der Waals surface area contributed by atoms with Crippen molar-refractivity contribution in [3.63, 3.8) is 0 Å². The lowest BCUT2D eigenvalue weighted by Crippen LogP contribution is -2.27. The van der Waals surface area contributed by atoms with Crippen molar-refractivity contribution in [2.75, 3.05) is 11.6 Å². The summed E-state index contributed by atoms with van der Waals surface area (Å²) in [5, 5.41) is 13.1. The minimum atomic E-state index is -0.915. The number of pyridine rings is 1. The van der Waals surface area contributed by atoms with Gasteiger partial charge in [-0.3, -0.25) is 0 Å². The Labute approximate surface area is 111 Å². The van der Waals surface area contributed by atoms with Gasteiger partial charge in [-0.15, -0.1) is 0 Å². The summed E-state index contributed by atoms with van der Waals surface area (Å²) in [5.41, 5.74) is 1.04. The highest BCUT2D eigenvalue weighted by Gasteiger charge is 2.28. The monoisotopic (exact) mass is 266 g/mol. The number of carbonyl (C=O) groups is 1. The molecular formula is C13H18N2O2S. The largest absolute Gasteiger partial charge is 0.478 e. The van der Waals surface area contributed by atoms with Crippen molar-refractivity contribution in [3.05, 3.63) is 23.4 Å². The maximum Gasteiger partial charge on any atom is 0.339 e. The van der Waals surface area contributed by atoms with E-state index in [-0.39, 0.29) is 0 Å². The highest BCUT2D eigenvalue weighted by atomic mass is 32.2. The van der Waals surface area contributed by atoms with Crippen LogP contribution in [0.25, 0.3) is 0 Å². The molecular weight excluding hydrogens is 248 g/mol. The number of aryl methyl sites for hydroxylation is 1. The zero-order valence-corrected chi connectivity index (χ0v) is 11.5. The molecule has 1 aromatic rings. The number of carboxylic acids is 1. The Morgan fingerprint density at radius 3 is 3.00 bits per heavy atom. The van der Waals surface area contributed by atoms with Crippen LogP contribution in [0.3, 0.4) is 0 Å². The second-order valence-electron chi connectivity index (χ2n) is 4.61. The van der Waals surface area contributed by atoms with E-state index in [1.54, 1.807) is 19.2 Å². The third-order valence-electron chi connectivity index (χ3n) is 3.45. The van der Waals surface area contributed by atoms with Gasteiger partial charge in [0, 0.05) is 17.5 Å². The highest BCUT2D eigenvalue weighted by Crippen LogP contribution is 2.31. The number of rotatable bonds is 4. The first-order valence-corrected chi connectivity index (χ1v) is 7.40. The van der Waals surface area contributed by atoms with Gasteiger partial charge in [0.2, 0.25) is 0 Å². The summed E-state index contributed by atoms with van der Waals surface area (Å²) in [6, 6.07) is 2.06. The van der Waals surface area contributed by atoms with Crippen molar-refractivity contribution in [3.8, 4) is 0 Å². The molecule has 0 saturated heterocycles. The molecule has 0 aromatic carbocycles. The van der Waals surface area contributed by atoms with Crippen LogP contribution in [0.4, 0.5) is 5.82 Å². The lowest BCUT2D eigenvalue weighted by atomic mass is 10.1. The van der Waals surface area contributed by atoms with E-state index in [2.05, 4.69) is 16.6 Å². The van der Waals surface area contributed by atoms with Gasteiger partial charge in [0.25, 0.3) is 0 Å². The zero-order chi connectivity index (χ0) is 13.1. The average Bonchev–Trinajstić information content (AvgIpc) is 2.76. The Balaban J connectivity index is 2.23. The first-order valence-electron chi connectivity index (χ1n) is 6.11. The quantitative estimate of drug-likeness (QED) is 0.877. The van der Waals surface area contributed by atoms with Crippen molar-refractivity contribution in [1.29, 1.82) is 0 Å². The smallest absolute Gasteiger partial charge is 0.339 e. The maximum absolute atomic E-state index is 11.3. The Bertz CT molecular complexity index is 451. The molecule has 0 amide bonds. The molecule has 0 aliphatic heterocycles. The van der Waals surface area contributed by atoms with Gasteiger partial charge < -0.3 is 10.4 Å². The molecule has 1 aromatic heterocycles. The molecule has 2 rings (SSSR count). The van der Waals surface area contributed by atoms with Crippen molar-refractivity contribution < 1.29 is 9.90 Å². The molecule has 1 fully saturated rings. The van der Waals surface area contributed by atoms with Gasteiger partial charge in [0.1, 0.15) is 11.4 Å². The Kier molecular flexibility index (Phi) is 4.11. The lowest BCUT2D eigenvalue weighted by Gasteiger charge is -2.21. The predicted molar refractivity (Wildman–Crippen MR) is 74.5 cm³/mol. The fourth-order valence-electron chi connectivity index (χ4n) is 2.49. The van der Waals surface area contributed by atoms with E-state index in [4.69, 9.17) is 0 Å². The number of aromatic carboxylic acids is 1. The number of nitrogens with zero attached hydrogens (tertiary/aromatic N) is 1. The van der Waals surface area contributed by atoms with E-state index >= 15 is 0 Å². The van der Waals surface area contributed by atoms with Gasteiger partial charge in [0.15, 0.2) is 0 Å². The number of hydrogen-bond acceptors (Lipinski definition) is 4. The minimum Gasteiger partial charge on any atom is -0.478 e. The van der Waals surface area contributed by atoms with E-state index < -0.39 is 5.97 Å². The third-order valence-corrected chi connectivity index (χ3v) is 4.62. The van der Waals surface area contributed by atoms with Gasteiger partial charge in [-0.05, 0) is 37.7 Å². The van der Waals surface area contributed by atoms with Gasteiger partial charge in [-0.25, -0.2) is 9.78 Å². The maximum atomic E-state index is 11.3. The molecule has 98 valence electrons. The predicted octanol–water partition coefficient (Wildman–Crippen LogP) is 2.78. The van der Waals surface area contributed by atoms with Crippen LogP contribution in [0.5, 0.6) is 0 Å². The summed E-state index contributed by atoms with van der Waals surface area (Å²) in [5.74, 6) is -0.407. The van der Waals surface area contributed by atoms with Crippen LogP contribution in [0.2, 0.25) is 0 Å². The molecule has 5 heteroatoms. The summed E-state index contributed by atoms with van der Waals surface area (Å²) >= 11 is 1.84. The second-order valence-corrected chi connectivity index (χ2v) is 5.69. The van der Waals surface area contributed by atoms with Gasteiger partial charge in [-0.2, -0.15) is 11.8 Å². The number of aromatic nitrogens is 1. The van der Waals surface area contributed by atoms with E-state index in [9.17, 15) is 9.90 Å². The summed E-state index contributed by atoms with van der Waals surface area (Å²) in [7, 11) is 0. The van der Waals surface area contributed by atoms with E-state index in [1.807, 2.05) is 11.8 Å². The normalized spacial score (nSPS) is 23.0. The van der Waals surface area contributed by atoms with Crippen LogP contribution < -0.4 is 5.32 Å². The van der Waals surface area contributed by atoms with Gasteiger partial charge in [0.05, 0.1) is 0 Å². The molecule has 0 radical (unpaired) electrons. The zero-order valence-electron chi connectivity index (χ0n) is 10.6. The molecule has 18 heavy (non-hydrogen) atoms. The van der Waals surface area contributed by atoms with E-state index in [1.165, 1.54) is 12.8 Å². The van der Waals surface area contributed by atoms with Crippen molar-refractivity contribution >= 4 is 23.5 Å². The highest BCUT2D eigenvalue weighted by molar-refractivity contribution is 7.99. The molecule has 2 N–H and O–H groups in total. The summed E-state index contributed by atoms with van der Waals surface area (Å²) in [6.45, 7) is 1.80. The fourth-order valence-corrected chi connectivity index (χ4v) is 3.42. The number of thioether (sulfide) groups is 1. The summed E-state index contributed by atoms with van der Waals surface area (Å²) in [4.78, 5) is 15.5. The molecule has 2 unspecified atom stereocenters. The SMILES string of the molecule is CSC1CCCC1Nc1nccc(C)c1C(=O)O. The molecule has 0 bridgehead atoms. The van der Waals surface area contributed by atoms with Crippen LogP contribution in [0, 0.1) is 6.92 Å². The van der Waals surface area contributed by atoms with Crippen LogP contribution in [-0.2, 0) is 0 Å². The van der Waals surface area contributed by atoms with Crippen LogP contribution in [0.15, 0.2) is 12.3 Å². The molecule has 1 aliphatic carbocycles. The van der Waals surface area contributed by atoms with Crippen LogP contribution in [0.1, 0.15) is 35.2 Å². The first kappa shape index (κ1) is 13.2. The molecule has 1 heterocycles. The number of anilines is 1. The standard InChI is InChI=1S/C13H18N2O2S/c1-8-6-7-14-12(11(8)13(16)17)15-9-4-3-5-10(9)18-2/h6-7,9-10H,3-5H2,1-2H3,(H,14,15)(H,16,17). The van der Waals surface area contributed by atoms with E-state index in [0.717, 1.165) is 12.0 Å². The van der Waals surface area contributed by atoms with Gasteiger partial charge in [-0.1, -0.05) is 6.42 Å². The Hall–Kier alpha value is -1.23. The van der Waals surface area contributed by atoms with Crippen molar-refractivity contribution in [2.45, 2.75) is 37.5 Å². The fraction of sp³-hybridized carbons (Fsp3) is 0.538. The van der Waals surface area contributed by atoms with Crippen LogP contribution in [-0.4, -0.2) is 33.6 Å². The number of carboxylic acid groups (broad SMARTS) is 1. The number of hydrogen-bond donors (Lipinski definition) is 2. The second kappa shape index (κ2) is 5.61. The van der Waals surface area contributed by atoms with Crippen molar-refractivity contribution in [2.24, 2.45) is 0 Å². The topological polar surface area (TPSA) is 62.2 Å². The van der Waals surface area contributed by atoms with Crippen LogP contribution >= 0.6 is 11.8 Å². The van der Waals surface area contributed by atoms with Gasteiger partial charge >= 0.3 is 5.97 Å². The molecule has 1 saturated carbocycles. The first-order chi connectivity index (χ1) is 8.63. The number of nitrogens with one attached hydrogen (secondary N) is 1. The summed E-state index contributed by atoms with van der Waals surface area (Å²) in [6.07, 6.45) is 7.23. The molecule has 0 spiro atoms. The third kappa shape index (κ3) is 2.61. The lowest BCUT2D eigenvalue weighted by molar-refractivity contribution is 0.0697. The minimum absolute atomic E-state index is 0.296. The van der Waals surface area contributed by atoms with E-state index in [0.29, 0.717) is 22.7 Å². The van der Waals surface area contributed by atoms with Crippen molar-refractivity contribution in [1.82, 2.24) is 4.98 Å². The Morgan fingerprint density at radius 1 is 1.56 bits per heavy atom.